The van der Waals surface area contributed by atoms with E-state index >= 15 is 0 Å². The van der Waals surface area contributed by atoms with Gasteiger partial charge in [-0.15, -0.1) is 0 Å². The minimum Gasteiger partial charge on any atom is -0.462 e. The molecule has 1 N–H and O–H groups in total. The molecule has 0 fully saturated rings. The Hall–Kier alpha value is -3.43. The molecule has 0 radical (unpaired) electrons. The molecule has 0 atom stereocenters. The predicted octanol–water partition coefficient (Wildman–Crippen LogP) is 4.09. The summed E-state index contributed by atoms with van der Waals surface area (Å²) in [5.41, 5.74) is 1.89. The number of thiazole rings is 1. The van der Waals surface area contributed by atoms with Gasteiger partial charge < -0.3 is 4.74 Å². The van der Waals surface area contributed by atoms with Crippen molar-refractivity contribution >= 4 is 43.2 Å². The lowest BCUT2D eigenvalue weighted by Crippen LogP contribution is -2.16. The maximum Gasteiger partial charge on any atom is 0.340 e. The Labute approximate surface area is 189 Å². The van der Waals surface area contributed by atoms with E-state index in [0.29, 0.717) is 16.8 Å². The second kappa shape index (κ2) is 8.97. The van der Waals surface area contributed by atoms with Crippen molar-refractivity contribution in [3.8, 4) is 0 Å². The van der Waals surface area contributed by atoms with Crippen molar-refractivity contribution in [2.45, 2.75) is 18.4 Å². The standard InChI is InChI=1S/C23H20N2O5S2/c1-2-30-22(26)18-10-6-7-11-19(18)24-32(28,29)17-12-13-20-21(14-17)31-23(27)25(20)15-16-8-4-3-5-9-16/h3-14,24H,2,15H2,1H3. The summed E-state index contributed by atoms with van der Waals surface area (Å²) in [5, 5.41) is 0. The van der Waals surface area contributed by atoms with Crippen LogP contribution >= 0.6 is 11.3 Å². The number of hydrogen-bond acceptors (Lipinski definition) is 6. The van der Waals surface area contributed by atoms with E-state index in [2.05, 4.69) is 4.72 Å². The van der Waals surface area contributed by atoms with E-state index in [9.17, 15) is 18.0 Å². The molecule has 7 nitrogen and oxygen atoms in total. The van der Waals surface area contributed by atoms with Crippen molar-refractivity contribution in [2.75, 3.05) is 11.3 Å². The third kappa shape index (κ3) is 4.44. The Balaban J connectivity index is 1.67. The van der Waals surface area contributed by atoms with E-state index in [1.807, 2.05) is 30.3 Å². The van der Waals surface area contributed by atoms with E-state index in [4.69, 9.17) is 4.74 Å². The van der Waals surface area contributed by atoms with E-state index in [0.717, 1.165) is 16.9 Å². The fraction of sp³-hybridized carbons (Fsp3) is 0.130. The fourth-order valence-corrected chi connectivity index (χ4v) is 5.40. The number of nitrogens with zero attached hydrogens (tertiary/aromatic N) is 1. The summed E-state index contributed by atoms with van der Waals surface area (Å²) in [7, 11) is -4.00. The normalized spacial score (nSPS) is 11.4. The molecule has 0 aliphatic carbocycles. The Morgan fingerprint density at radius 2 is 1.75 bits per heavy atom. The molecule has 0 unspecified atom stereocenters. The van der Waals surface area contributed by atoms with Crippen LogP contribution in [0.3, 0.4) is 0 Å². The zero-order valence-corrected chi connectivity index (χ0v) is 18.8. The van der Waals surface area contributed by atoms with Gasteiger partial charge in [0.1, 0.15) is 0 Å². The average Bonchev–Trinajstić information content (AvgIpc) is 3.09. The molecule has 0 amide bonds. The number of para-hydroxylation sites is 1. The average molecular weight is 469 g/mol. The summed E-state index contributed by atoms with van der Waals surface area (Å²) in [4.78, 5) is 24.5. The van der Waals surface area contributed by atoms with Gasteiger partial charge in [-0.3, -0.25) is 14.1 Å². The lowest BCUT2D eigenvalue weighted by Gasteiger charge is -2.12. The molecule has 1 aromatic heterocycles. The minimum absolute atomic E-state index is 0.00299. The van der Waals surface area contributed by atoms with Crippen molar-refractivity contribution in [3.05, 3.63) is 93.6 Å². The molecule has 0 aliphatic heterocycles. The lowest BCUT2D eigenvalue weighted by molar-refractivity contribution is 0.0527. The van der Waals surface area contributed by atoms with Crippen LogP contribution in [0.2, 0.25) is 0 Å². The van der Waals surface area contributed by atoms with Crippen LogP contribution in [0.4, 0.5) is 5.69 Å². The van der Waals surface area contributed by atoms with Crippen LogP contribution in [-0.4, -0.2) is 25.6 Å². The Morgan fingerprint density at radius 3 is 2.50 bits per heavy atom. The maximum absolute atomic E-state index is 13.0. The second-order valence-corrected chi connectivity index (χ2v) is 9.62. The van der Waals surface area contributed by atoms with Crippen LogP contribution < -0.4 is 9.60 Å². The van der Waals surface area contributed by atoms with Crippen LogP contribution in [0.5, 0.6) is 0 Å². The number of esters is 1. The first-order valence-electron chi connectivity index (χ1n) is 9.85. The van der Waals surface area contributed by atoms with Gasteiger partial charge in [0.05, 0.1) is 39.5 Å². The van der Waals surface area contributed by atoms with E-state index in [1.54, 1.807) is 29.7 Å². The van der Waals surface area contributed by atoms with Crippen LogP contribution in [0.15, 0.2) is 82.5 Å². The monoisotopic (exact) mass is 468 g/mol. The molecule has 4 aromatic rings. The molecular weight excluding hydrogens is 448 g/mol. The van der Waals surface area contributed by atoms with Gasteiger partial charge >= 0.3 is 10.8 Å². The zero-order chi connectivity index (χ0) is 22.7. The van der Waals surface area contributed by atoms with Gasteiger partial charge in [-0.1, -0.05) is 53.8 Å². The summed E-state index contributed by atoms with van der Waals surface area (Å²) in [6.07, 6.45) is 0. The van der Waals surface area contributed by atoms with Gasteiger partial charge in [0.15, 0.2) is 0 Å². The largest absolute Gasteiger partial charge is 0.462 e. The minimum atomic E-state index is -4.00. The number of carbonyl (C=O) groups excluding carboxylic acids is 1. The summed E-state index contributed by atoms with van der Waals surface area (Å²) in [5.74, 6) is -0.613. The molecule has 9 heteroatoms. The number of nitrogens with one attached hydrogen (secondary N) is 1. The highest BCUT2D eigenvalue weighted by Crippen LogP contribution is 2.25. The summed E-state index contributed by atoms with van der Waals surface area (Å²) >= 11 is 0.990. The highest BCUT2D eigenvalue weighted by molar-refractivity contribution is 7.92. The molecule has 0 bridgehead atoms. The van der Waals surface area contributed by atoms with Gasteiger partial charge in [-0.25, -0.2) is 13.2 Å². The number of carbonyl (C=O) groups is 1. The SMILES string of the molecule is CCOC(=O)c1ccccc1NS(=O)(=O)c1ccc2c(c1)sc(=O)n2Cc1ccccc1. The number of sulfonamides is 1. The number of ether oxygens (including phenoxy) is 1. The number of anilines is 1. The molecule has 0 saturated heterocycles. The molecule has 32 heavy (non-hydrogen) atoms. The van der Waals surface area contributed by atoms with E-state index in [-0.39, 0.29) is 27.6 Å². The van der Waals surface area contributed by atoms with Gasteiger partial charge in [0, 0.05) is 0 Å². The quantitative estimate of drug-likeness (QED) is 0.412. The molecule has 1 heterocycles. The van der Waals surface area contributed by atoms with Crippen molar-refractivity contribution in [1.29, 1.82) is 0 Å². The molecule has 0 spiro atoms. The summed E-state index contributed by atoms with van der Waals surface area (Å²) in [6.45, 7) is 2.25. The molecule has 0 aliphatic rings. The van der Waals surface area contributed by atoms with E-state index < -0.39 is 16.0 Å². The first-order valence-corrected chi connectivity index (χ1v) is 12.2. The first kappa shape index (κ1) is 21.8. The molecular formula is C23H20N2O5S2. The van der Waals surface area contributed by atoms with E-state index in [1.165, 1.54) is 24.3 Å². The zero-order valence-electron chi connectivity index (χ0n) is 17.1. The Kier molecular flexibility index (Phi) is 6.11. The lowest BCUT2D eigenvalue weighted by atomic mass is 10.2. The topological polar surface area (TPSA) is 94.5 Å². The van der Waals surface area contributed by atoms with Crippen LogP contribution in [0.25, 0.3) is 10.2 Å². The smallest absolute Gasteiger partial charge is 0.340 e. The summed E-state index contributed by atoms with van der Waals surface area (Å²) < 4.78 is 35.7. The van der Waals surface area contributed by atoms with Crippen molar-refractivity contribution < 1.29 is 17.9 Å². The third-order valence-corrected chi connectivity index (χ3v) is 7.11. The molecule has 3 aromatic carbocycles. The fourth-order valence-electron chi connectivity index (χ4n) is 3.29. The molecule has 164 valence electrons. The number of fused-ring (bicyclic) bond motifs is 1. The number of benzene rings is 3. The first-order chi connectivity index (χ1) is 15.4. The van der Waals surface area contributed by atoms with Gasteiger partial charge in [-0.05, 0) is 42.8 Å². The van der Waals surface area contributed by atoms with Gasteiger partial charge in [-0.2, -0.15) is 0 Å². The molecule has 0 saturated carbocycles. The van der Waals surface area contributed by atoms with Crippen molar-refractivity contribution in [1.82, 2.24) is 4.57 Å². The van der Waals surface area contributed by atoms with Crippen LogP contribution in [-0.2, 0) is 21.3 Å². The van der Waals surface area contributed by atoms with Crippen LogP contribution in [0, 0.1) is 0 Å². The molecule has 4 rings (SSSR count). The second-order valence-electron chi connectivity index (χ2n) is 6.94. The van der Waals surface area contributed by atoms with Crippen LogP contribution in [0.1, 0.15) is 22.8 Å². The van der Waals surface area contributed by atoms with Crippen molar-refractivity contribution in [2.24, 2.45) is 0 Å². The third-order valence-electron chi connectivity index (χ3n) is 4.80. The number of rotatable bonds is 7. The highest BCUT2D eigenvalue weighted by Gasteiger charge is 2.20. The van der Waals surface area contributed by atoms with Crippen molar-refractivity contribution in [3.63, 3.8) is 0 Å². The summed E-state index contributed by atoms with van der Waals surface area (Å²) in [6, 6.07) is 20.4. The Bertz CT molecular complexity index is 1440. The highest BCUT2D eigenvalue weighted by atomic mass is 32.2. The number of aromatic nitrogens is 1. The van der Waals surface area contributed by atoms with Gasteiger partial charge in [0.2, 0.25) is 0 Å². The Morgan fingerprint density at radius 1 is 1.03 bits per heavy atom. The maximum atomic E-state index is 13.0. The predicted molar refractivity (Wildman–Crippen MR) is 125 cm³/mol. The van der Waals surface area contributed by atoms with Gasteiger partial charge in [0.25, 0.3) is 10.0 Å². The number of hydrogen-bond donors (Lipinski definition) is 1.